The standard InChI is InChI=1S/C19H21N3O5S2/c1-2-11-20-28(24,25)17-7-3-5-14(12-17)19(23)21-16-6-4-8-18(13-16)29(26,27)22-15-9-10-15/h2-8,12-13,15,20,22H,1,9-11H2,(H,21,23). The molecule has 0 atom stereocenters. The van der Waals surface area contributed by atoms with E-state index in [1.165, 1.54) is 48.5 Å². The number of hydrogen-bond acceptors (Lipinski definition) is 5. The summed E-state index contributed by atoms with van der Waals surface area (Å²) in [6.45, 7) is 3.52. The van der Waals surface area contributed by atoms with Crippen molar-refractivity contribution in [3.63, 3.8) is 0 Å². The number of carbonyl (C=O) groups excluding carboxylic acids is 1. The molecule has 2 aromatic rings. The predicted molar refractivity (Wildman–Crippen MR) is 110 cm³/mol. The first-order valence-electron chi connectivity index (χ1n) is 8.86. The van der Waals surface area contributed by atoms with Crippen molar-refractivity contribution in [2.45, 2.75) is 28.7 Å². The highest BCUT2D eigenvalue weighted by atomic mass is 32.2. The van der Waals surface area contributed by atoms with Crippen molar-refractivity contribution in [1.29, 1.82) is 0 Å². The number of rotatable bonds is 9. The maximum absolute atomic E-state index is 12.5. The van der Waals surface area contributed by atoms with E-state index in [0.717, 1.165) is 12.8 Å². The topological polar surface area (TPSA) is 121 Å². The fourth-order valence-corrected chi connectivity index (χ4v) is 4.88. The summed E-state index contributed by atoms with van der Waals surface area (Å²) < 4.78 is 54.0. The second-order valence-electron chi connectivity index (χ2n) is 6.55. The molecule has 2 aromatic carbocycles. The molecule has 1 aliphatic rings. The average Bonchev–Trinajstić information content (AvgIpc) is 3.50. The van der Waals surface area contributed by atoms with Crippen molar-refractivity contribution < 1.29 is 21.6 Å². The van der Waals surface area contributed by atoms with Gasteiger partial charge >= 0.3 is 0 Å². The van der Waals surface area contributed by atoms with E-state index in [1.54, 1.807) is 6.07 Å². The molecule has 0 aliphatic heterocycles. The normalized spacial score (nSPS) is 14.3. The summed E-state index contributed by atoms with van der Waals surface area (Å²) in [5.74, 6) is -0.560. The number of hydrogen-bond donors (Lipinski definition) is 3. The van der Waals surface area contributed by atoms with Crippen LogP contribution in [0.1, 0.15) is 23.2 Å². The first-order valence-corrected chi connectivity index (χ1v) is 11.8. The molecular formula is C19H21N3O5S2. The van der Waals surface area contributed by atoms with Gasteiger partial charge in [0, 0.05) is 23.8 Å². The van der Waals surface area contributed by atoms with Crippen LogP contribution in [0, 0.1) is 0 Å². The van der Waals surface area contributed by atoms with Gasteiger partial charge < -0.3 is 5.32 Å². The van der Waals surface area contributed by atoms with E-state index in [2.05, 4.69) is 21.3 Å². The molecule has 0 saturated heterocycles. The molecule has 10 heteroatoms. The van der Waals surface area contributed by atoms with Crippen molar-refractivity contribution in [2.75, 3.05) is 11.9 Å². The van der Waals surface area contributed by atoms with Gasteiger partial charge in [0.1, 0.15) is 0 Å². The van der Waals surface area contributed by atoms with Crippen LogP contribution in [0.3, 0.4) is 0 Å². The van der Waals surface area contributed by atoms with Crippen LogP contribution in [-0.2, 0) is 20.0 Å². The minimum Gasteiger partial charge on any atom is -0.322 e. The molecule has 1 aliphatic carbocycles. The molecule has 0 bridgehead atoms. The van der Waals surface area contributed by atoms with Gasteiger partial charge in [-0.3, -0.25) is 4.79 Å². The van der Waals surface area contributed by atoms with Crippen LogP contribution in [0.25, 0.3) is 0 Å². The molecule has 0 unspecified atom stereocenters. The molecular weight excluding hydrogens is 414 g/mol. The summed E-state index contributed by atoms with van der Waals surface area (Å²) in [4.78, 5) is 12.5. The zero-order valence-electron chi connectivity index (χ0n) is 15.5. The van der Waals surface area contributed by atoms with Crippen molar-refractivity contribution in [1.82, 2.24) is 9.44 Å². The fraction of sp³-hybridized carbons (Fsp3) is 0.211. The van der Waals surface area contributed by atoms with E-state index < -0.39 is 26.0 Å². The van der Waals surface area contributed by atoms with Gasteiger partial charge in [0.05, 0.1) is 9.79 Å². The number of carbonyl (C=O) groups is 1. The predicted octanol–water partition coefficient (Wildman–Crippen LogP) is 1.84. The Bertz CT molecular complexity index is 1140. The Labute approximate surface area is 170 Å². The quantitative estimate of drug-likeness (QED) is 0.519. The Morgan fingerprint density at radius 3 is 2.31 bits per heavy atom. The summed E-state index contributed by atoms with van der Waals surface area (Å²) in [6.07, 6.45) is 3.04. The molecule has 0 spiro atoms. The van der Waals surface area contributed by atoms with Crippen LogP contribution >= 0.6 is 0 Å². The number of sulfonamides is 2. The largest absolute Gasteiger partial charge is 0.322 e. The molecule has 8 nitrogen and oxygen atoms in total. The third-order valence-corrected chi connectivity index (χ3v) is 7.07. The summed E-state index contributed by atoms with van der Waals surface area (Å²) in [6, 6.07) is 11.4. The molecule has 3 N–H and O–H groups in total. The lowest BCUT2D eigenvalue weighted by molar-refractivity contribution is 0.102. The van der Waals surface area contributed by atoms with Crippen LogP contribution in [-0.4, -0.2) is 35.3 Å². The summed E-state index contributed by atoms with van der Waals surface area (Å²) in [7, 11) is -7.42. The minimum atomic E-state index is -3.77. The SMILES string of the molecule is C=CCNS(=O)(=O)c1cccc(C(=O)Nc2cccc(S(=O)(=O)NC3CC3)c2)c1. The Kier molecular flexibility index (Phi) is 6.18. The lowest BCUT2D eigenvalue weighted by Crippen LogP contribution is -2.25. The van der Waals surface area contributed by atoms with E-state index in [4.69, 9.17) is 0 Å². The van der Waals surface area contributed by atoms with Gasteiger partial charge in [-0.1, -0.05) is 18.2 Å². The lowest BCUT2D eigenvalue weighted by Gasteiger charge is -2.10. The third kappa shape index (κ3) is 5.51. The van der Waals surface area contributed by atoms with Gasteiger partial charge in [-0.05, 0) is 49.2 Å². The Morgan fingerprint density at radius 1 is 1.00 bits per heavy atom. The number of benzene rings is 2. The molecule has 154 valence electrons. The molecule has 0 heterocycles. The first-order chi connectivity index (χ1) is 13.7. The average molecular weight is 436 g/mol. The highest BCUT2D eigenvalue weighted by molar-refractivity contribution is 7.89. The van der Waals surface area contributed by atoms with Gasteiger partial charge in [0.2, 0.25) is 20.0 Å². The maximum atomic E-state index is 12.5. The van der Waals surface area contributed by atoms with E-state index in [-0.39, 0.29) is 33.6 Å². The minimum absolute atomic E-state index is 0.0300. The van der Waals surface area contributed by atoms with Crippen molar-refractivity contribution in [3.05, 3.63) is 66.7 Å². The molecule has 3 rings (SSSR count). The maximum Gasteiger partial charge on any atom is 0.255 e. The van der Waals surface area contributed by atoms with Crippen molar-refractivity contribution in [3.8, 4) is 0 Å². The zero-order valence-corrected chi connectivity index (χ0v) is 17.1. The fourth-order valence-electron chi connectivity index (χ4n) is 2.49. The van der Waals surface area contributed by atoms with E-state index in [0.29, 0.717) is 0 Å². The van der Waals surface area contributed by atoms with Gasteiger partial charge in [0.25, 0.3) is 5.91 Å². The van der Waals surface area contributed by atoms with E-state index in [1.807, 2.05) is 0 Å². The number of anilines is 1. The van der Waals surface area contributed by atoms with Gasteiger partial charge in [-0.2, -0.15) is 0 Å². The Balaban J connectivity index is 1.78. The van der Waals surface area contributed by atoms with Crippen molar-refractivity contribution >= 4 is 31.6 Å². The van der Waals surface area contributed by atoms with Crippen LogP contribution in [0.4, 0.5) is 5.69 Å². The van der Waals surface area contributed by atoms with Crippen LogP contribution < -0.4 is 14.8 Å². The van der Waals surface area contributed by atoms with E-state index >= 15 is 0 Å². The summed E-state index contributed by atoms with van der Waals surface area (Å²) in [5, 5.41) is 2.60. The summed E-state index contributed by atoms with van der Waals surface area (Å²) >= 11 is 0. The summed E-state index contributed by atoms with van der Waals surface area (Å²) in [5.41, 5.74) is 0.405. The lowest BCUT2D eigenvalue weighted by atomic mass is 10.2. The highest BCUT2D eigenvalue weighted by Gasteiger charge is 2.28. The molecule has 1 amide bonds. The monoisotopic (exact) mass is 435 g/mol. The van der Waals surface area contributed by atoms with Gasteiger partial charge in [-0.15, -0.1) is 6.58 Å². The van der Waals surface area contributed by atoms with E-state index in [9.17, 15) is 21.6 Å². The number of nitrogens with one attached hydrogen (secondary N) is 3. The van der Waals surface area contributed by atoms with Crippen LogP contribution in [0.2, 0.25) is 0 Å². The Hall–Kier alpha value is -2.53. The highest BCUT2D eigenvalue weighted by Crippen LogP contribution is 2.23. The first kappa shape index (κ1) is 21.2. The molecule has 29 heavy (non-hydrogen) atoms. The van der Waals surface area contributed by atoms with Gasteiger partial charge in [-0.25, -0.2) is 26.3 Å². The smallest absolute Gasteiger partial charge is 0.255 e. The number of amides is 1. The Morgan fingerprint density at radius 2 is 1.66 bits per heavy atom. The second-order valence-corrected chi connectivity index (χ2v) is 10.0. The van der Waals surface area contributed by atoms with Crippen LogP contribution in [0.5, 0.6) is 0 Å². The van der Waals surface area contributed by atoms with Crippen molar-refractivity contribution in [2.24, 2.45) is 0 Å². The molecule has 0 aromatic heterocycles. The molecule has 1 fully saturated rings. The van der Waals surface area contributed by atoms with Gasteiger partial charge in [0.15, 0.2) is 0 Å². The molecule has 1 saturated carbocycles. The van der Waals surface area contributed by atoms with Crippen LogP contribution in [0.15, 0.2) is 71.0 Å². The zero-order chi connectivity index (χ0) is 21.1. The third-order valence-electron chi connectivity index (χ3n) is 4.13. The second kappa shape index (κ2) is 8.46. The molecule has 0 radical (unpaired) electrons.